The fraction of sp³-hybridized carbons (Fsp3) is 0. The van der Waals surface area contributed by atoms with Crippen LogP contribution >= 0.6 is 0 Å². The first kappa shape index (κ1) is 6.91. The smallest absolute Gasteiger partial charge is 0.348 e. The number of fused-ring (bicyclic) bond motifs is 1. The monoisotopic (exact) mass is 161 g/mol. The van der Waals surface area contributed by atoms with E-state index in [0.29, 0.717) is 11.0 Å². The van der Waals surface area contributed by atoms with Gasteiger partial charge in [-0.25, -0.2) is 4.79 Å². The molecule has 1 radical (unpaired) electrons. The fourth-order valence-corrected chi connectivity index (χ4v) is 1.04. The molecule has 0 atom stereocenters. The summed E-state index contributed by atoms with van der Waals surface area (Å²) >= 11 is 0. The summed E-state index contributed by atoms with van der Waals surface area (Å²) in [5.74, 6) is -0.165. The number of para-hydroxylation sites is 1. The van der Waals surface area contributed by atoms with E-state index in [-0.39, 0.29) is 5.75 Å². The second-order valence-corrected chi connectivity index (χ2v) is 2.36. The van der Waals surface area contributed by atoms with Crippen molar-refractivity contribution in [3.63, 3.8) is 0 Å². The van der Waals surface area contributed by atoms with Crippen LogP contribution < -0.4 is 5.63 Å². The molecule has 0 amide bonds. The van der Waals surface area contributed by atoms with E-state index in [1.807, 2.05) is 0 Å². The molecular weight excluding hydrogens is 156 g/mol. The zero-order chi connectivity index (χ0) is 8.55. The van der Waals surface area contributed by atoms with Gasteiger partial charge in [-0.3, -0.25) is 0 Å². The quantitative estimate of drug-likeness (QED) is 0.592. The lowest BCUT2D eigenvalue weighted by atomic mass is 10.2. The first-order valence-electron chi connectivity index (χ1n) is 3.41. The van der Waals surface area contributed by atoms with E-state index in [0.717, 1.165) is 0 Å². The van der Waals surface area contributed by atoms with Crippen LogP contribution in [0.25, 0.3) is 11.0 Å². The fourth-order valence-electron chi connectivity index (χ4n) is 1.04. The van der Waals surface area contributed by atoms with Crippen molar-refractivity contribution in [1.29, 1.82) is 0 Å². The molecule has 0 fully saturated rings. The van der Waals surface area contributed by atoms with Crippen LogP contribution in [0.15, 0.2) is 33.5 Å². The zero-order valence-electron chi connectivity index (χ0n) is 6.07. The molecule has 1 aromatic carbocycles. The SMILES string of the molecule is O=c1[c]c(O)c2ccccc2o1. The average Bonchev–Trinajstić information content (AvgIpc) is 2.04. The summed E-state index contributed by atoms with van der Waals surface area (Å²) in [4.78, 5) is 10.7. The highest BCUT2D eigenvalue weighted by molar-refractivity contribution is 5.82. The maximum Gasteiger partial charge on any atom is 0.348 e. The number of hydrogen-bond acceptors (Lipinski definition) is 3. The molecule has 0 aliphatic rings. The summed E-state index contributed by atoms with van der Waals surface area (Å²) in [6.45, 7) is 0. The van der Waals surface area contributed by atoms with Crippen molar-refractivity contribution in [2.75, 3.05) is 0 Å². The third-order valence-corrected chi connectivity index (χ3v) is 1.57. The van der Waals surface area contributed by atoms with E-state index in [4.69, 9.17) is 4.42 Å². The highest BCUT2D eigenvalue weighted by Gasteiger charge is 2.01. The molecule has 1 N–H and O–H groups in total. The van der Waals surface area contributed by atoms with Gasteiger partial charge in [-0.15, -0.1) is 0 Å². The Bertz CT molecular complexity index is 470. The largest absolute Gasteiger partial charge is 0.506 e. The molecule has 3 nitrogen and oxygen atoms in total. The Morgan fingerprint density at radius 1 is 1.33 bits per heavy atom. The van der Waals surface area contributed by atoms with Crippen LogP contribution in [0.4, 0.5) is 0 Å². The molecule has 0 aliphatic heterocycles. The normalized spacial score (nSPS) is 10.3. The molecular formula is C9H5O3. The Hall–Kier alpha value is -1.77. The topological polar surface area (TPSA) is 50.4 Å². The van der Waals surface area contributed by atoms with E-state index < -0.39 is 5.63 Å². The predicted octanol–water partition coefficient (Wildman–Crippen LogP) is 1.30. The maximum absolute atomic E-state index is 10.7. The van der Waals surface area contributed by atoms with Gasteiger partial charge in [0.15, 0.2) is 0 Å². The molecule has 2 aromatic rings. The second kappa shape index (κ2) is 2.37. The molecule has 12 heavy (non-hydrogen) atoms. The average molecular weight is 161 g/mol. The maximum atomic E-state index is 10.7. The van der Waals surface area contributed by atoms with Crippen LogP contribution in [0.2, 0.25) is 0 Å². The zero-order valence-corrected chi connectivity index (χ0v) is 6.07. The van der Waals surface area contributed by atoms with Crippen molar-refractivity contribution >= 4 is 11.0 Å². The van der Waals surface area contributed by atoms with E-state index in [1.165, 1.54) is 0 Å². The Morgan fingerprint density at radius 2 is 2.08 bits per heavy atom. The lowest BCUT2D eigenvalue weighted by molar-refractivity contribution is 0.466. The van der Waals surface area contributed by atoms with Gasteiger partial charge in [-0.2, -0.15) is 0 Å². The van der Waals surface area contributed by atoms with Gasteiger partial charge in [0.1, 0.15) is 17.4 Å². The van der Waals surface area contributed by atoms with Gasteiger partial charge in [-0.05, 0) is 12.1 Å². The summed E-state index contributed by atoms with van der Waals surface area (Å²) < 4.78 is 4.77. The van der Waals surface area contributed by atoms with Crippen molar-refractivity contribution in [3.8, 4) is 5.75 Å². The summed E-state index contributed by atoms with van der Waals surface area (Å²) in [5.41, 5.74) is -0.287. The molecule has 0 aliphatic carbocycles. The first-order chi connectivity index (χ1) is 5.77. The minimum absolute atomic E-state index is 0.165. The molecule has 0 bridgehead atoms. The van der Waals surface area contributed by atoms with Crippen LogP contribution in [-0.2, 0) is 0 Å². The molecule has 1 heterocycles. The van der Waals surface area contributed by atoms with Gasteiger partial charge >= 0.3 is 5.63 Å². The van der Waals surface area contributed by atoms with Crippen molar-refractivity contribution < 1.29 is 9.52 Å². The molecule has 1 aromatic heterocycles. The van der Waals surface area contributed by atoms with Gasteiger partial charge in [0.25, 0.3) is 0 Å². The van der Waals surface area contributed by atoms with Gasteiger partial charge in [-0.1, -0.05) is 12.1 Å². The molecule has 3 heteroatoms. The summed E-state index contributed by atoms with van der Waals surface area (Å²) in [7, 11) is 0. The molecule has 0 unspecified atom stereocenters. The predicted molar refractivity (Wildman–Crippen MR) is 43.0 cm³/mol. The van der Waals surface area contributed by atoms with Gasteiger partial charge < -0.3 is 9.52 Å². The van der Waals surface area contributed by atoms with Crippen LogP contribution in [0.1, 0.15) is 0 Å². The highest BCUT2D eigenvalue weighted by Crippen LogP contribution is 2.20. The van der Waals surface area contributed by atoms with Gasteiger partial charge in [0.2, 0.25) is 0 Å². The van der Waals surface area contributed by atoms with E-state index in [9.17, 15) is 9.90 Å². The second-order valence-electron chi connectivity index (χ2n) is 2.36. The molecule has 0 saturated carbocycles. The molecule has 2 rings (SSSR count). The lowest BCUT2D eigenvalue weighted by Gasteiger charge is -1.95. The van der Waals surface area contributed by atoms with Crippen molar-refractivity contribution in [2.45, 2.75) is 0 Å². The van der Waals surface area contributed by atoms with Crippen LogP contribution in [-0.4, -0.2) is 5.11 Å². The third-order valence-electron chi connectivity index (χ3n) is 1.57. The van der Waals surface area contributed by atoms with Crippen LogP contribution in [0.3, 0.4) is 0 Å². The number of aromatic hydroxyl groups is 1. The summed E-state index contributed by atoms with van der Waals surface area (Å²) in [6, 6.07) is 8.89. The lowest BCUT2D eigenvalue weighted by Crippen LogP contribution is -1.95. The Labute approximate surface area is 67.9 Å². The minimum atomic E-state index is -0.661. The number of hydrogen-bond donors (Lipinski definition) is 1. The Kier molecular flexibility index (Phi) is 1.37. The van der Waals surface area contributed by atoms with Crippen molar-refractivity contribution in [1.82, 2.24) is 0 Å². The van der Waals surface area contributed by atoms with E-state index >= 15 is 0 Å². The number of benzene rings is 1. The van der Waals surface area contributed by atoms with Crippen LogP contribution in [0, 0.1) is 6.07 Å². The van der Waals surface area contributed by atoms with Gasteiger partial charge in [0.05, 0.1) is 5.39 Å². The Balaban J connectivity index is 2.99. The third kappa shape index (κ3) is 0.955. The summed E-state index contributed by atoms with van der Waals surface area (Å²) in [6.07, 6.45) is 0. The van der Waals surface area contributed by atoms with Crippen molar-refractivity contribution in [3.05, 3.63) is 40.8 Å². The minimum Gasteiger partial charge on any atom is -0.506 e. The number of rotatable bonds is 0. The first-order valence-corrected chi connectivity index (χ1v) is 3.41. The van der Waals surface area contributed by atoms with Gasteiger partial charge in [0, 0.05) is 0 Å². The molecule has 0 spiro atoms. The van der Waals surface area contributed by atoms with Crippen LogP contribution in [0.5, 0.6) is 5.75 Å². The van der Waals surface area contributed by atoms with Crippen molar-refractivity contribution in [2.24, 2.45) is 0 Å². The standard InChI is InChI=1S/C9H5O3/c10-7-5-9(11)12-8-4-2-1-3-6(7)8/h1-4,10H. The van der Waals surface area contributed by atoms with E-state index in [1.54, 1.807) is 24.3 Å². The molecule has 0 saturated heterocycles. The summed E-state index contributed by atoms with van der Waals surface area (Å²) in [5, 5.41) is 9.73. The van der Waals surface area contributed by atoms with E-state index in [2.05, 4.69) is 6.07 Å². The Morgan fingerprint density at radius 3 is 2.92 bits per heavy atom. The highest BCUT2D eigenvalue weighted by atomic mass is 16.4. The molecule has 59 valence electrons.